The van der Waals surface area contributed by atoms with Crippen LogP contribution in [0.4, 0.5) is 0 Å². The van der Waals surface area contributed by atoms with Gasteiger partial charge < -0.3 is 10.4 Å². The summed E-state index contributed by atoms with van der Waals surface area (Å²) in [5, 5.41) is 12.3. The van der Waals surface area contributed by atoms with Crippen molar-refractivity contribution in [2.24, 2.45) is 0 Å². The van der Waals surface area contributed by atoms with Gasteiger partial charge in [-0.3, -0.25) is 4.98 Å². The number of hydrogen-bond acceptors (Lipinski definition) is 3. The van der Waals surface area contributed by atoms with Crippen molar-refractivity contribution in [3.05, 3.63) is 53.9 Å². The monoisotopic (exact) mass is 282 g/mol. The van der Waals surface area contributed by atoms with E-state index in [-0.39, 0.29) is 0 Å². The minimum absolute atomic E-state index is 0.311. The van der Waals surface area contributed by atoms with Crippen LogP contribution in [0.3, 0.4) is 0 Å². The Morgan fingerprint density at radius 2 is 1.81 bits per heavy atom. The molecule has 2 aromatic rings. The zero-order valence-corrected chi connectivity index (χ0v) is 11.7. The molecule has 4 nitrogen and oxygen atoms in total. The highest BCUT2D eigenvalue weighted by molar-refractivity contribution is 5.88. The Morgan fingerprint density at radius 3 is 2.48 bits per heavy atom. The first-order valence-corrected chi connectivity index (χ1v) is 7.24. The van der Waals surface area contributed by atoms with Crippen LogP contribution in [0.1, 0.15) is 34.8 Å². The van der Waals surface area contributed by atoms with Crippen LogP contribution in [-0.4, -0.2) is 29.1 Å². The predicted octanol–water partition coefficient (Wildman–Crippen LogP) is 2.91. The third-order valence-corrected chi connectivity index (χ3v) is 4.00. The van der Waals surface area contributed by atoms with E-state index in [1.165, 1.54) is 0 Å². The third kappa shape index (κ3) is 3.11. The molecular weight excluding hydrogens is 264 g/mol. The zero-order chi connectivity index (χ0) is 14.7. The second-order valence-electron chi connectivity index (χ2n) is 5.38. The molecule has 0 atom stereocenters. The van der Waals surface area contributed by atoms with Gasteiger partial charge in [-0.1, -0.05) is 12.1 Å². The minimum Gasteiger partial charge on any atom is -0.478 e. The first-order chi connectivity index (χ1) is 10.2. The van der Waals surface area contributed by atoms with E-state index < -0.39 is 5.97 Å². The molecule has 0 saturated carbocycles. The molecule has 1 aliphatic rings. The lowest BCUT2D eigenvalue weighted by atomic mass is 9.92. The molecule has 2 N–H and O–H groups in total. The molecule has 1 aromatic heterocycles. The van der Waals surface area contributed by atoms with Gasteiger partial charge in [0.15, 0.2) is 0 Å². The van der Waals surface area contributed by atoms with Gasteiger partial charge in [-0.05, 0) is 61.3 Å². The van der Waals surface area contributed by atoms with E-state index in [9.17, 15) is 4.79 Å². The van der Waals surface area contributed by atoms with Crippen molar-refractivity contribution in [3.63, 3.8) is 0 Å². The average molecular weight is 282 g/mol. The molecule has 1 fully saturated rings. The summed E-state index contributed by atoms with van der Waals surface area (Å²) in [7, 11) is 0. The standard InChI is InChI=1S/C17H18N2O2/c20-17(21)14-3-1-12(2-4-14)15-7-10-19-16(11-15)13-5-8-18-9-6-13/h1-4,7,10-11,13,18H,5-6,8-9H2,(H,20,21). The van der Waals surface area contributed by atoms with Gasteiger partial charge in [0.1, 0.15) is 0 Å². The predicted molar refractivity (Wildman–Crippen MR) is 81.5 cm³/mol. The fourth-order valence-electron chi connectivity index (χ4n) is 2.77. The molecule has 3 rings (SSSR count). The topological polar surface area (TPSA) is 62.2 Å². The number of pyridine rings is 1. The highest BCUT2D eigenvalue weighted by Gasteiger charge is 2.16. The lowest BCUT2D eigenvalue weighted by Crippen LogP contribution is -2.27. The minimum atomic E-state index is -0.897. The first-order valence-electron chi connectivity index (χ1n) is 7.24. The van der Waals surface area contributed by atoms with E-state index in [0.29, 0.717) is 11.5 Å². The number of hydrogen-bond donors (Lipinski definition) is 2. The maximum atomic E-state index is 10.9. The van der Waals surface area contributed by atoms with Crippen LogP contribution in [0.25, 0.3) is 11.1 Å². The summed E-state index contributed by atoms with van der Waals surface area (Å²) in [5.74, 6) is -0.379. The van der Waals surface area contributed by atoms with Gasteiger partial charge in [-0.15, -0.1) is 0 Å². The van der Waals surface area contributed by atoms with E-state index in [1.807, 2.05) is 24.4 Å². The SMILES string of the molecule is O=C(O)c1ccc(-c2ccnc(C3CCNCC3)c2)cc1. The molecule has 108 valence electrons. The van der Waals surface area contributed by atoms with Crippen molar-refractivity contribution >= 4 is 5.97 Å². The van der Waals surface area contributed by atoms with E-state index in [0.717, 1.165) is 42.8 Å². The summed E-state index contributed by atoms with van der Waals surface area (Å²) in [6.45, 7) is 2.09. The van der Waals surface area contributed by atoms with Gasteiger partial charge in [-0.2, -0.15) is 0 Å². The Balaban J connectivity index is 1.86. The zero-order valence-electron chi connectivity index (χ0n) is 11.7. The van der Waals surface area contributed by atoms with Gasteiger partial charge >= 0.3 is 5.97 Å². The van der Waals surface area contributed by atoms with E-state index in [4.69, 9.17) is 5.11 Å². The van der Waals surface area contributed by atoms with Gasteiger partial charge in [0.2, 0.25) is 0 Å². The smallest absolute Gasteiger partial charge is 0.335 e. The summed E-state index contributed by atoms with van der Waals surface area (Å²) in [6.07, 6.45) is 4.08. The molecule has 0 spiro atoms. The summed E-state index contributed by atoms with van der Waals surface area (Å²) < 4.78 is 0. The van der Waals surface area contributed by atoms with Crippen LogP contribution in [0, 0.1) is 0 Å². The Bertz CT molecular complexity index is 631. The van der Waals surface area contributed by atoms with Crippen LogP contribution >= 0.6 is 0 Å². The van der Waals surface area contributed by atoms with Gasteiger partial charge in [0.25, 0.3) is 0 Å². The van der Waals surface area contributed by atoms with Crippen molar-refractivity contribution in [3.8, 4) is 11.1 Å². The van der Waals surface area contributed by atoms with Gasteiger partial charge in [-0.25, -0.2) is 4.79 Å². The summed E-state index contributed by atoms with van der Waals surface area (Å²) >= 11 is 0. The van der Waals surface area contributed by atoms with E-state index >= 15 is 0 Å². The normalized spacial score (nSPS) is 15.8. The number of carboxylic acids is 1. The molecule has 0 unspecified atom stereocenters. The Kier molecular flexibility index (Phi) is 3.97. The van der Waals surface area contributed by atoms with Crippen LogP contribution in [0.2, 0.25) is 0 Å². The number of carbonyl (C=O) groups is 1. The molecule has 1 aliphatic heterocycles. The number of piperidine rings is 1. The van der Waals surface area contributed by atoms with Crippen LogP contribution < -0.4 is 5.32 Å². The van der Waals surface area contributed by atoms with Crippen molar-refractivity contribution in [2.45, 2.75) is 18.8 Å². The highest BCUT2D eigenvalue weighted by Crippen LogP contribution is 2.27. The summed E-state index contributed by atoms with van der Waals surface area (Å²) in [5.41, 5.74) is 3.57. The number of aromatic carboxylic acids is 1. The number of nitrogens with zero attached hydrogens (tertiary/aromatic N) is 1. The molecule has 0 radical (unpaired) electrons. The molecule has 1 saturated heterocycles. The Hall–Kier alpha value is -2.20. The number of nitrogens with one attached hydrogen (secondary N) is 1. The molecule has 4 heteroatoms. The molecule has 0 amide bonds. The molecule has 1 aromatic carbocycles. The second kappa shape index (κ2) is 6.06. The summed E-state index contributed by atoms with van der Waals surface area (Å²) in [6, 6.07) is 11.1. The van der Waals surface area contributed by atoms with Crippen molar-refractivity contribution in [1.29, 1.82) is 0 Å². The number of benzene rings is 1. The number of aromatic nitrogens is 1. The van der Waals surface area contributed by atoms with Gasteiger partial charge in [0.05, 0.1) is 5.56 Å². The maximum Gasteiger partial charge on any atom is 0.335 e. The quantitative estimate of drug-likeness (QED) is 0.908. The number of rotatable bonds is 3. The van der Waals surface area contributed by atoms with Crippen LogP contribution in [-0.2, 0) is 0 Å². The van der Waals surface area contributed by atoms with Crippen molar-refractivity contribution < 1.29 is 9.90 Å². The van der Waals surface area contributed by atoms with Crippen LogP contribution in [0.15, 0.2) is 42.6 Å². The third-order valence-electron chi connectivity index (χ3n) is 4.00. The van der Waals surface area contributed by atoms with Crippen LogP contribution in [0.5, 0.6) is 0 Å². The number of carboxylic acid groups (broad SMARTS) is 1. The van der Waals surface area contributed by atoms with Crippen molar-refractivity contribution in [2.75, 3.05) is 13.1 Å². The lowest BCUT2D eigenvalue weighted by Gasteiger charge is -2.22. The first kappa shape index (κ1) is 13.8. The summed E-state index contributed by atoms with van der Waals surface area (Å²) in [4.78, 5) is 15.4. The fraction of sp³-hybridized carbons (Fsp3) is 0.294. The Labute approximate surface area is 123 Å². The second-order valence-corrected chi connectivity index (χ2v) is 5.38. The average Bonchev–Trinajstić information content (AvgIpc) is 2.56. The molecule has 0 bridgehead atoms. The van der Waals surface area contributed by atoms with Gasteiger partial charge in [0, 0.05) is 17.8 Å². The Morgan fingerprint density at radius 1 is 1.10 bits per heavy atom. The molecular formula is C17H18N2O2. The molecule has 21 heavy (non-hydrogen) atoms. The van der Waals surface area contributed by atoms with Crippen molar-refractivity contribution in [1.82, 2.24) is 10.3 Å². The molecule has 0 aliphatic carbocycles. The molecule has 2 heterocycles. The fourth-order valence-corrected chi connectivity index (χ4v) is 2.77. The van der Waals surface area contributed by atoms with E-state index in [2.05, 4.69) is 16.4 Å². The maximum absolute atomic E-state index is 10.9. The lowest BCUT2D eigenvalue weighted by molar-refractivity contribution is 0.0697. The highest BCUT2D eigenvalue weighted by atomic mass is 16.4. The van der Waals surface area contributed by atoms with E-state index in [1.54, 1.807) is 12.1 Å². The largest absolute Gasteiger partial charge is 0.478 e.